The highest BCUT2D eigenvalue weighted by Gasteiger charge is 2.44. The van der Waals surface area contributed by atoms with Crippen molar-refractivity contribution in [1.29, 1.82) is 0 Å². The zero-order chi connectivity index (χ0) is 43.3. The number of methoxy groups -OCH3 is 1. The molecule has 330 valence electrons. The molecular weight excluding hydrogens is 818 g/mol. The van der Waals surface area contributed by atoms with Crippen molar-refractivity contribution >= 4 is 29.7 Å². The number of esters is 1. The Hall–Kier alpha value is -4.06. The predicted molar refractivity (Wildman–Crippen MR) is 222 cm³/mol. The van der Waals surface area contributed by atoms with Gasteiger partial charge in [-0.05, 0) is 80.1 Å². The van der Waals surface area contributed by atoms with Crippen LogP contribution in [0.25, 0.3) is 0 Å². The Morgan fingerprint density at radius 1 is 0.950 bits per heavy atom. The topological polar surface area (TPSA) is 197 Å². The van der Waals surface area contributed by atoms with Crippen LogP contribution in [-0.2, 0) is 55.8 Å². The molecule has 0 aliphatic carbocycles. The fourth-order valence-corrected chi connectivity index (χ4v) is 10.2. The third-order valence-electron chi connectivity index (χ3n) is 9.96. The molecular formula is C42H58N3O13PS. The van der Waals surface area contributed by atoms with E-state index in [1.807, 2.05) is 38.1 Å². The fraction of sp³-hybridized carbons (Fsp3) is 0.524. The van der Waals surface area contributed by atoms with Crippen LogP contribution in [0.2, 0.25) is 0 Å². The molecule has 1 amide bonds. The average Bonchev–Trinajstić information content (AvgIpc) is 3.85. The third kappa shape index (κ3) is 13.5. The minimum absolute atomic E-state index is 0.0333. The van der Waals surface area contributed by atoms with Crippen LogP contribution < -0.4 is 19.9 Å². The zero-order valence-corrected chi connectivity index (χ0v) is 36.5. The van der Waals surface area contributed by atoms with Gasteiger partial charge in [-0.1, -0.05) is 56.3 Å². The summed E-state index contributed by atoms with van der Waals surface area (Å²) >= 11 is 0. The minimum atomic E-state index is -4.05. The van der Waals surface area contributed by atoms with Gasteiger partial charge in [0, 0.05) is 26.2 Å². The van der Waals surface area contributed by atoms with E-state index in [2.05, 4.69) is 10.6 Å². The quantitative estimate of drug-likeness (QED) is 0.0644. The van der Waals surface area contributed by atoms with Gasteiger partial charge in [0.15, 0.2) is 12.4 Å². The van der Waals surface area contributed by atoms with E-state index >= 15 is 0 Å². The summed E-state index contributed by atoms with van der Waals surface area (Å²) in [5, 5.41) is 17.8. The fourth-order valence-electron chi connectivity index (χ4n) is 6.87. The lowest BCUT2D eigenvalue weighted by molar-refractivity contribution is -0.150. The lowest BCUT2D eigenvalue weighted by atomic mass is 10.00. The van der Waals surface area contributed by atoms with Gasteiger partial charge in [-0.15, -0.1) is 0 Å². The van der Waals surface area contributed by atoms with Crippen LogP contribution in [0.3, 0.4) is 0 Å². The van der Waals surface area contributed by atoms with E-state index < -0.39 is 60.3 Å². The van der Waals surface area contributed by atoms with Gasteiger partial charge in [-0.25, -0.2) is 22.6 Å². The molecule has 2 saturated heterocycles. The molecule has 0 bridgehead atoms. The van der Waals surface area contributed by atoms with Gasteiger partial charge in [0.2, 0.25) is 10.0 Å². The van der Waals surface area contributed by atoms with Gasteiger partial charge < -0.3 is 43.9 Å². The molecule has 3 aromatic rings. The number of benzene rings is 3. The molecule has 7 atom stereocenters. The third-order valence-corrected chi connectivity index (χ3v) is 13.7. The SMILES string of the molecule is CCOC(=O)[C@H](C)OP(=O)(CCNCc1ccc(C[C@H](NC(=O)O[C@H]2CO[C@H]3OCCC32)[C@H](O)CN(CC(C)C)S(=O)(=O)c2ccc(OC)cc2)cc1)Oc1ccccc1. The summed E-state index contributed by atoms with van der Waals surface area (Å²) in [6, 6.07) is 21.1. The van der Waals surface area contributed by atoms with Gasteiger partial charge in [-0.2, -0.15) is 4.31 Å². The molecule has 18 heteroatoms. The number of hydrogen-bond acceptors (Lipinski definition) is 14. The number of alkyl carbamates (subject to hydrolysis) is 1. The largest absolute Gasteiger partial charge is 0.497 e. The predicted octanol–water partition coefficient (Wildman–Crippen LogP) is 5.13. The second-order valence-electron chi connectivity index (χ2n) is 15.1. The number of nitrogens with zero attached hydrogens (tertiary/aromatic N) is 1. The number of carbonyl (C=O) groups excluding carboxylic acids is 2. The van der Waals surface area contributed by atoms with Crippen molar-refractivity contribution in [1.82, 2.24) is 14.9 Å². The Bertz CT molecular complexity index is 1970. The monoisotopic (exact) mass is 875 g/mol. The number of rotatable bonds is 23. The molecule has 2 aliphatic rings. The number of amides is 1. The number of aliphatic hydroxyl groups is 1. The summed E-state index contributed by atoms with van der Waals surface area (Å²) in [7, 11) is -6.36. The molecule has 60 heavy (non-hydrogen) atoms. The van der Waals surface area contributed by atoms with Crippen molar-refractivity contribution in [3.8, 4) is 11.5 Å². The van der Waals surface area contributed by atoms with E-state index in [0.717, 1.165) is 11.1 Å². The molecule has 0 aromatic heterocycles. The number of hydrogen-bond donors (Lipinski definition) is 3. The van der Waals surface area contributed by atoms with Crippen LogP contribution in [0.15, 0.2) is 83.8 Å². The first-order valence-electron chi connectivity index (χ1n) is 20.2. The standard InChI is InChI=1S/C42H58N3O13PS/c1-6-53-40(47)30(4)57-59(49,58-34-10-8-7-9-11-34)23-21-43-25-32-14-12-31(13-15-32)24-37(44-42(48)56-39-28-55-41-36(39)20-22-54-41)38(46)27-45(26-29(2)3)60(50,51)35-18-16-33(52-5)17-19-35/h7-19,29-30,36-39,41,43,46H,6,20-28H2,1-5H3,(H,44,48)/t30-,36?,37-,38+,39-,41+,59?/m0/s1. The molecule has 3 N–H and O–H groups in total. The summed E-state index contributed by atoms with van der Waals surface area (Å²) in [5.41, 5.74) is 1.64. The highest BCUT2D eigenvalue weighted by molar-refractivity contribution is 7.89. The van der Waals surface area contributed by atoms with Crippen LogP contribution in [0.5, 0.6) is 11.5 Å². The van der Waals surface area contributed by atoms with E-state index in [-0.39, 0.29) is 62.2 Å². The average molecular weight is 876 g/mol. The Morgan fingerprint density at radius 3 is 2.32 bits per heavy atom. The van der Waals surface area contributed by atoms with Crippen LogP contribution >= 0.6 is 7.60 Å². The zero-order valence-electron chi connectivity index (χ0n) is 34.8. The van der Waals surface area contributed by atoms with Crippen LogP contribution in [0.1, 0.15) is 45.2 Å². The number of aliphatic hydroxyl groups excluding tert-OH is 1. The Balaban J connectivity index is 1.25. The second-order valence-corrected chi connectivity index (χ2v) is 19.1. The Morgan fingerprint density at radius 2 is 1.65 bits per heavy atom. The molecule has 2 aliphatic heterocycles. The number of nitrogens with one attached hydrogen (secondary N) is 2. The van der Waals surface area contributed by atoms with Crippen molar-refractivity contribution in [2.45, 2.75) is 82.6 Å². The maximum absolute atomic E-state index is 13.9. The highest BCUT2D eigenvalue weighted by atomic mass is 32.2. The van der Waals surface area contributed by atoms with E-state index in [9.17, 15) is 27.7 Å². The van der Waals surface area contributed by atoms with Crippen molar-refractivity contribution in [3.05, 3.63) is 90.0 Å². The number of ether oxygens (including phenoxy) is 5. The summed E-state index contributed by atoms with van der Waals surface area (Å²) < 4.78 is 81.5. The van der Waals surface area contributed by atoms with E-state index in [1.165, 1.54) is 30.5 Å². The lowest BCUT2D eigenvalue weighted by Crippen LogP contribution is -2.51. The first-order chi connectivity index (χ1) is 28.7. The van der Waals surface area contributed by atoms with E-state index in [4.69, 9.17) is 32.7 Å². The minimum Gasteiger partial charge on any atom is -0.497 e. The van der Waals surface area contributed by atoms with Crippen molar-refractivity contribution in [3.63, 3.8) is 0 Å². The number of fused-ring (bicyclic) bond motifs is 1. The lowest BCUT2D eigenvalue weighted by Gasteiger charge is -2.31. The van der Waals surface area contributed by atoms with Crippen LogP contribution in [0, 0.1) is 11.8 Å². The molecule has 0 spiro atoms. The van der Waals surface area contributed by atoms with Gasteiger partial charge in [-0.3, -0.25) is 4.52 Å². The highest BCUT2D eigenvalue weighted by Crippen LogP contribution is 2.49. The second kappa shape index (κ2) is 22.2. The molecule has 2 fully saturated rings. The van der Waals surface area contributed by atoms with Crippen LogP contribution in [-0.4, -0.2) is 113 Å². The molecule has 2 heterocycles. The first-order valence-corrected chi connectivity index (χ1v) is 23.4. The van der Waals surface area contributed by atoms with Gasteiger partial charge in [0.1, 0.15) is 17.6 Å². The van der Waals surface area contributed by atoms with E-state index in [0.29, 0.717) is 31.1 Å². The number of sulfonamides is 1. The molecule has 0 radical (unpaired) electrons. The molecule has 2 unspecified atom stereocenters. The Kier molecular flexibility index (Phi) is 17.4. The van der Waals surface area contributed by atoms with Gasteiger partial charge in [0.05, 0.1) is 56.1 Å². The first kappa shape index (κ1) is 47.0. The molecule has 16 nitrogen and oxygen atoms in total. The van der Waals surface area contributed by atoms with Crippen molar-refractivity contribution < 1.29 is 60.4 Å². The van der Waals surface area contributed by atoms with Gasteiger partial charge in [0.25, 0.3) is 0 Å². The smallest absolute Gasteiger partial charge is 0.407 e. The summed E-state index contributed by atoms with van der Waals surface area (Å²) in [4.78, 5) is 25.7. The maximum atomic E-state index is 13.9. The number of carbonyl (C=O) groups is 2. The van der Waals surface area contributed by atoms with E-state index in [1.54, 1.807) is 49.4 Å². The molecule has 5 rings (SSSR count). The van der Waals surface area contributed by atoms with Crippen molar-refractivity contribution in [2.75, 3.05) is 52.7 Å². The van der Waals surface area contributed by atoms with Gasteiger partial charge >= 0.3 is 19.7 Å². The molecule has 0 saturated carbocycles. The summed E-state index contributed by atoms with van der Waals surface area (Å²) in [6.45, 7) is 8.19. The molecule has 3 aromatic carbocycles. The van der Waals surface area contributed by atoms with Crippen molar-refractivity contribution in [2.24, 2.45) is 11.8 Å². The Labute approximate surface area is 352 Å². The summed E-state index contributed by atoms with van der Waals surface area (Å²) in [5.74, 6) is 0.0332. The summed E-state index contributed by atoms with van der Waals surface area (Å²) in [6.07, 6.45) is -3.35. The maximum Gasteiger partial charge on any atom is 0.407 e. The van der Waals surface area contributed by atoms with Crippen LogP contribution in [0.4, 0.5) is 4.79 Å². The normalized spacial score (nSPS) is 20.2. The number of para-hydroxylation sites is 1.